The van der Waals surface area contributed by atoms with Crippen LogP contribution in [0.25, 0.3) is 0 Å². The minimum absolute atomic E-state index is 0.0172. The van der Waals surface area contributed by atoms with E-state index in [1.54, 1.807) is 18.3 Å². The fourth-order valence-electron chi connectivity index (χ4n) is 5.05. The molecule has 1 aromatic carbocycles. The van der Waals surface area contributed by atoms with Crippen LogP contribution >= 0.6 is 23.2 Å². The summed E-state index contributed by atoms with van der Waals surface area (Å²) in [5, 5.41) is 13.6. The molecule has 0 saturated carbocycles. The van der Waals surface area contributed by atoms with Crippen molar-refractivity contribution in [3.63, 3.8) is 0 Å². The summed E-state index contributed by atoms with van der Waals surface area (Å²) in [4.78, 5) is 33.6. The second-order valence-electron chi connectivity index (χ2n) is 8.58. The van der Waals surface area contributed by atoms with E-state index in [9.17, 15) is 19.1 Å². The van der Waals surface area contributed by atoms with Crippen molar-refractivity contribution in [3.8, 4) is 0 Å². The van der Waals surface area contributed by atoms with E-state index in [1.165, 1.54) is 19.2 Å². The Kier molecular flexibility index (Phi) is 6.79. The highest BCUT2D eigenvalue weighted by atomic mass is 35.5. The standard InChI is InChI=1S/C23H25Cl2FN4O3/c1-29(22(32)33)23(13-27-12-17(23)15-2-4-18(25)19(26)10-15)21(31)14-6-8-30(9-7-14)20-5-3-16(24)11-28-20/h2-5,10-11,14,17,27H,6-9,12-13H2,1H3,(H,32,33)/t17-,23+/m0/s1. The number of anilines is 1. The van der Waals surface area contributed by atoms with Gasteiger partial charge in [-0.25, -0.2) is 14.2 Å². The number of piperidine rings is 1. The topological polar surface area (TPSA) is 85.8 Å². The number of halogens is 3. The molecule has 2 aromatic rings. The molecule has 3 heterocycles. The van der Waals surface area contributed by atoms with Gasteiger partial charge < -0.3 is 15.3 Å². The molecule has 2 fully saturated rings. The fourth-order valence-corrected chi connectivity index (χ4v) is 5.28. The summed E-state index contributed by atoms with van der Waals surface area (Å²) >= 11 is 11.8. The molecule has 1 amide bonds. The van der Waals surface area contributed by atoms with E-state index in [2.05, 4.69) is 15.2 Å². The minimum atomic E-state index is -1.34. The van der Waals surface area contributed by atoms with Crippen LogP contribution in [-0.4, -0.2) is 65.6 Å². The SMILES string of the molecule is CN(C(=O)O)[C@]1(C(=O)C2CCN(c3ccc(Cl)cn3)CC2)CNC[C@H]1c1ccc(Cl)c(F)c1. The van der Waals surface area contributed by atoms with E-state index in [-0.39, 0.29) is 23.3 Å². The van der Waals surface area contributed by atoms with Crippen LogP contribution < -0.4 is 10.2 Å². The van der Waals surface area contributed by atoms with E-state index in [4.69, 9.17) is 23.2 Å². The molecule has 0 unspecified atom stereocenters. The lowest BCUT2D eigenvalue weighted by Crippen LogP contribution is -2.61. The molecule has 2 atom stereocenters. The number of pyridine rings is 1. The Hall–Kier alpha value is -2.42. The summed E-state index contributed by atoms with van der Waals surface area (Å²) in [5.74, 6) is -0.797. The van der Waals surface area contributed by atoms with Crippen molar-refractivity contribution < 1.29 is 19.1 Å². The summed E-state index contributed by atoms with van der Waals surface area (Å²) < 4.78 is 14.2. The molecule has 7 nitrogen and oxygen atoms in total. The highest BCUT2D eigenvalue weighted by molar-refractivity contribution is 6.30. The van der Waals surface area contributed by atoms with Crippen molar-refractivity contribution in [1.29, 1.82) is 0 Å². The highest BCUT2D eigenvalue weighted by Gasteiger charge is 2.56. The smallest absolute Gasteiger partial charge is 0.407 e. The largest absolute Gasteiger partial charge is 0.465 e. The number of Topliss-reactive ketones (excluding diaryl/α,β-unsaturated/α-hetero) is 1. The van der Waals surface area contributed by atoms with Gasteiger partial charge in [0.1, 0.15) is 17.2 Å². The predicted molar refractivity (Wildman–Crippen MR) is 125 cm³/mol. The molecule has 0 aliphatic carbocycles. The van der Waals surface area contributed by atoms with Crippen molar-refractivity contribution in [2.24, 2.45) is 5.92 Å². The Balaban J connectivity index is 1.60. The van der Waals surface area contributed by atoms with Gasteiger partial charge in [0.05, 0.1) is 10.0 Å². The number of carbonyl (C=O) groups is 2. The molecule has 176 valence electrons. The van der Waals surface area contributed by atoms with Crippen LogP contribution in [0.15, 0.2) is 36.5 Å². The number of rotatable bonds is 5. The average molecular weight is 495 g/mol. The molecule has 33 heavy (non-hydrogen) atoms. The Morgan fingerprint density at radius 2 is 1.97 bits per heavy atom. The zero-order valence-corrected chi connectivity index (χ0v) is 19.6. The summed E-state index contributed by atoms with van der Waals surface area (Å²) in [7, 11) is 1.42. The van der Waals surface area contributed by atoms with E-state index < -0.39 is 23.4 Å². The summed E-state index contributed by atoms with van der Waals surface area (Å²) in [6.45, 7) is 1.76. The van der Waals surface area contributed by atoms with Crippen molar-refractivity contribution in [2.75, 3.05) is 38.1 Å². The maximum Gasteiger partial charge on any atom is 0.407 e. The first-order chi connectivity index (χ1) is 15.7. The predicted octanol–water partition coefficient (Wildman–Crippen LogP) is 4.05. The van der Waals surface area contributed by atoms with Crippen molar-refractivity contribution in [1.82, 2.24) is 15.2 Å². The Morgan fingerprint density at radius 3 is 2.58 bits per heavy atom. The highest BCUT2D eigenvalue weighted by Crippen LogP contribution is 2.41. The number of carbonyl (C=O) groups excluding carboxylic acids is 1. The molecule has 10 heteroatoms. The first kappa shape index (κ1) is 23.7. The molecule has 0 spiro atoms. The first-order valence-corrected chi connectivity index (χ1v) is 11.5. The van der Waals surface area contributed by atoms with Crippen LogP contribution in [-0.2, 0) is 4.79 Å². The van der Waals surface area contributed by atoms with Crippen LogP contribution in [0.3, 0.4) is 0 Å². The maximum atomic E-state index is 14.2. The molecule has 4 rings (SSSR count). The van der Waals surface area contributed by atoms with Crippen LogP contribution in [0.5, 0.6) is 0 Å². The number of nitrogens with one attached hydrogen (secondary N) is 1. The Bertz CT molecular complexity index is 1050. The van der Waals surface area contributed by atoms with Crippen molar-refractivity contribution in [2.45, 2.75) is 24.3 Å². The molecule has 2 saturated heterocycles. The summed E-state index contributed by atoms with van der Waals surface area (Å²) in [5.41, 5.74) is -0.788. The number of benzene rings is 1. The Morgan fingerprint density at radius 1 is 1.24 bits per heavy atom. The van der Waals surface area contributed by atoms with Gasteiger partial charge in [-0.3, -0.25) is 9.69 Å². The number of nitrogens with zero attached hydrogens (tertiary/aromatic N) is 3. The Labute approximate surface area is 201 Å². The lowest BCUT2D eigenvalue weighted by atomic mass is 9.72. The zero-order valence-electron chi connectivity index (χ0n) is 18.1. The number of hydrogen-bond donors (Lipinski definition) is 2. The lowest BCUT2D eigenvalue weighted by Gasteiger charge is -2.43. The molecule has 0 bridgehead atoms. The third-order valence-electron chi connectivity index (χ3n) is 6.88. The van der Waals surface area contributed by atoms with Gasteiger partial charge >= 0.3 is 6.09 Å². The van der Waals surface area contributed by atoms with Gasteiger partial charge in [0.15, 0.2) is 5.78 Å². The number of aromatic nitrogens is 1. The number of ketones is 1. The molecule has 2 aliphatic heterocycles. The second-order valence-corrected chi connectivity index (χ2v) is 9.43. The van der Waals surface area contributed by atoms with E-state index in [1.807, 2.05) is 6.07 Å². The fraction of sp³-hybridized carbons (Fsp3) is 0.435. The molecular formula is C23H25Cl2FN4O3. The van der Waals surface area contributed by atoms with Crippen LogP contribution in [0.1, 0.15) is 24.3 Å². The van der Waals surface area contributed by atoms with Gasteiger partial charge in [-0.05, 0) is 42.7 Å². The van der Waals surface area contributed by atoms with Crippen LogP contribution in [0.4, 0.5) is 15.0 Å². The number of amides is 1. The molecule has 0 radical (unpaired) electrons. The van der Waals surface area contributed by atoms with Gasteiger partial charge in [-0.2, -0.15) is 0 Å². The van der Waals surface area contributed by atoms with Crippen LogP contribution in [0.2, 0.25) is 10.0 Å². The zero-order chi connectivity index (χ0) is 23.8. The number of hydrogen-bond acceptors (Lipinski definition) is 5. The van der Waals surface area contributed by atoms with Gasteiger partial charge in [-0.1, -0.05) is 29.3 Å². The quantitative estimate of drug-likeness (QED) is 0.651. The first-order valence-electron chi connectivity index (χ1n) is 10.8. The van der Waals surface area contributed by atoms with E-state index in [0.29, 0.717) is 43.1 Å². The number of carboxylic acid groups (broad SMARTS) is 1. The lowest BCUT2D eigenvalue weighted by molar-refractivity contribution is -0.134. The molecular weight excluding hydrogens is 470 g/mol. The summed E-state index contributed by atoms with van der Waals surface area (Å²) in [6, 6.07) is 8.02. The van der Waals surface area contributed by atoms with Crippen molar-refractivity contribution in [3.05, 3.63) is 58.0 Å². The van der Waals surface area contributed by atoms with Gasteiger partial charge in [0, 0.05) is 51.3 Å². The van der Waals surface area contributed by atoms with Gasteiger partial charge in [0.2, 0.25) is 0 Å². The third kappa shape index (κ3) is 4.39. The average Bonchev–Trinajstić information content (AvgIpc) is 3.26. The summed E-state index contributed by atoms with van der Waals surface area (Å²) in [6.07, 6.45) is 1.53. The van der Waals surface area contributed by atoms with Crippen molar-refractivity contribution >= 4 is 40.9 Å². The second kappa shape index (κ2) is 9.44. The molecule has 2 N–H and O–H groups in total. The molecule has 2 aliphatic rings. The normalized spacial score (nSPS) is 23.5. The van der Waals surface area contributed by atoms with Crippen LogP contribution in [0, 0.1) is 11.7 Å². The van der Waals surface area contributed by atoms with E-state index >= 15 is 0 Å². The third-order valence-corrected chi connectivity index (χ3v) is 7.41. The van der Waals surface area contributed by atoms with Gasteiger partial charge in [0.25, 0.3) is 0 Å². The van der Waals surface area contributed by atoms with E-state index in [0.717, 1.165) is 10.7 Å². The monoisotopic (exact) mass is 494 g/mol. The maximum absolute atomic E-state index is 14.2. The molecule has 1 aromatic heterocycles. The minimum Gasteiger partial charge on any atom is -0.465 e. The van der Waals surface area contributed by atoms with Gasteiger partial charge in [-0.15, -0.1) is 0 Å². The number of likely N-dealkylation sites (N-methyl/N-ethyl adjacent to an activating group) is 1.